The Kier molecular flexibility index (Phi) is 8.52. The summed E-state index contributed by atoms with van der Waals surface area (Å²) in [5.74, 6) is -0.605. The van der Waals surface area contributed by atoms with Gasteiger partial charge in [0.05, 0.1) is 30.4 Å². The van der Waals surface area contributed by atoms with Crippen molar-refractivity contribution in [1.29, 1.82) is 5.26 Å². The van der Waals surface area contributed by atoms with Gasteiger partial charge in [-0.05, 0) is 29.8 Å². The van der Waals surface area contributed by atoms with Crippen molar-refractivity contribution < 1.29 is 23.0 Å². The first-order valence-corrected chi connectivity index (χ1v) is 17.8. The van der Waals surface area contributed by atoms with E-state index in [9.17, 15) is 18.8 Å². The molecule has 2 aromatic carbocycles. The van der Waals surface area contributed by atoms with Gasteiger partial charge in [-0.2, -0.15) is 15.5 Å². The van der Waals surface area contributed by atoms with Gasteiger partial charge < -0.3 is 20.5 Å². The zero-order valence-corrected chi connectivity index (χ0v) is 25.7. The smallest absolute Gasteiger partial charge is 0.255 e. The number of anilines is 1. The molecule has 3 N–H and O–H groups in total. The number of ether oxygens (including phenoxy) is 2. The molecule has 0 atom stereocenters. The second kappa shape index (κ2) is 12.1. The number of carbonyl (C=O) groups is 1. The van der Waals surface area contributed by atoms with E-state index in [1.165, 1.54) is 19.2 Å². The van der Waals surface area contributed by atoms with Crippen LogP contribution in [0.25, 0.3) is 22.2 Å². The van der Waals surface area contributed by atoms with Crippen LogP contribution in [0.15, 0.2) is 36.5 Å². The number of nitrogens with one attached hydrogen (secondary N) is 1. The van der Waals surface area contributed by atoms with E-state index in [2.05, 4.69) is 41.2 Å². The number of amides is 1. The molecule has 1 saturated carbocycles. The normalized spacial score (nSPS) is 16.6. The van der Waals surface area contributed by atoms with Crippen molar-refractivity contribution in [3.05, 3.63) is 59.0 Å². The molecule has 13 heteroatoms. The summed E-state index contributed by atoms with van der Waals surface area (Å²) in [6.45, 7) is 7.67. The van der Waals surface area contributed by atoms with Gasteiger partial charge in [0, 0.05) is 45.0 Å². The lowest BCUT2D eigenvalue weighted by Crippen LogP contribution is -2.29. The average Bonchev–Trinajstić information content (AvgIpc) is 3.52. The summed E-state index contributed by atoms with van der Waals surface area (Å²) in [7, 11) is 0.106. The van der Waals surface area contributed by atoms with Gasteiger partial charge in [-0.3, -0.25) is 4.79 Å². The van der Waals surface area contributed by atoms with Crippen LogP contribution in [0.3, 0.4) is 0 Å². The number of aromatic nitrogens is 4. The summed E-state index contributed by atoms with van der Waals surface area (Å²) in [6.07, 6.45) is 1.36. The van der Waals surface area contributed by atoms with Crippen LogP contribution in [-0.4, -0.2) is 53.4 Å². The lowest BCUT2D eigenvalue weighted by molar-refractivity contribution is 0.0816. The lowest BCUT2D eigenvalue weighted by atomic mass is 9.91. The van der Waals surface area contributed by atoms with Gasteiger partial charge >= 0.3 is 0 Å². The van der Waals surface area contributed by atoms with Crippen LogP contribution >= 0.6 is 0 Å². The first-order valence-electron chi connectivity index (χ1n) is 14.1. The quantitative estimate of drug-likeness (QED) is 0.172. The van der Waals surface area contributed by atoms with Gasteiger partial charge in [-0.15, -0.1) is 0 Å². The Morgan fingerprint density at radius 1 is 1.26 bits per heavy atom. The number of benzene rings is 2. The lowest BCUT2D eigenvalue weighted by Gasteiger charge is -2.30. The Bertz CT molecular complexity index is 1700. The number of nitrogens with zero attached hydrogens (tertiary/aromatic N) is 5. The van der Waals surface area contributed by atoms with Gasteiger partial charge in [-0.25, -0.2) is 18.1 Å². The molecule has 1 amide bonds. The number of halogens is 2. The van der Waals surface area contributed by atoms with Gasteiger partial charge in [0.1, 0.15) is 47.6 Å². The number of methoxy groups -OCH3 is 1. The second-order valence-corrected chi connectivity index (χ2v) is 17.6. The fourth-order valence-corrected chi connectivity index (χ4v) is 5.88. The maximum absolute atomic E-state index is 13.9. The summed E-state index contributed by atoms with van der Waals surface area (Å²) in [4.78, 5) is 13.1. The molecule has 226 valence electrons. The van der Waals surface area contributed by atoms with Crippen molar-refractivity contribution in [2.24, 2.45) is 0 Å². The minimum absolute atomic E-state index is 0.0738. The van der Waals surface area contributed by atoms with Crippen LogP contribution in [0.1, 0.15) is 40.4 Å². The summed E-state index contributed by atoms with van der Waals surface area (Å²) in [6, 6.07) is 10.3. The first-order chi connectivity index (χ1) is 20.5. The molecule has 4 aromatic rings. The first kappa shape index (κ1) is 30.2. The van der Waals surface area contributed by atoms with Gasteiger partial charge in [0.15, 0.2) is 0 Å². The molecular weight excluding hydrogens is 572 g/mol. The van der Waals surface area contributed by atoms with Crippen molar-refractivity contribution in [2.75, 3.05) is 19.5 Å². The molecule has 0 saturated heterocycles. The molecule has 0 unspecified atom stereocenters. The molecule has 0 bridgehead atoms. The number of nitrogen functional groups attached to an aromatic ring is 1. The largest absolute Gasteiger partial charge is 0.496 e. The fraction of sp³-hybridized carbons (Fsp3) is 0.400. The number of carbonyl (C=O) groups excluding carboxylic acids is 1. The Hall–Kier alpha value is -4.28. The van der Waals surface area contributed by atoms with Crippen molar-refractivity contribution >= 4 is 30.7 Å². The second-order valence-electron chi connectivity index (χ2n) is 11.9. The molecule has 2 heterocycles. The predicted molar refractivity (Wildman–Crippen MR) is 161 cm³/mol. The van der Waals surface area contributed by atoms with E-state index in [1.807, 2.05) is 6.07 Å². The third-order valence-electron chi connectivity index (χ3n) is 7.66. The van der Waals surface area contributed by atoms with E-state index < -0.39 is 26.0 Å². The fourth-order valence-electron chi connectivity index (χ4n) is 5.12. The monoisotopic (exact) mass is 607 g/mol. The molecule has 0 aliphatic heterocycles. The summed E-state index contributed by atoms with van der Waals surface area (Å²) < 4.78 is 42.0. The topological polar surface area (TPSA) is 133 Å². The number of nitrogens with two attached hydrogens (primary N) is 1. The van der Waals surface area contributed by atoms with E-state index in [0.717, 1.165) is 17.7 Å². The molecule has 1 aliphatic carbocycles. The van der Waals surface area contributed by atoms with Gasteiger partial charge in [0.2, 0.25) is 0 Å². The SMILES string of the molecule is COc1ccc(F)cc1C(=O)NCc1ccc(-c2nn(C3CC(F)C3)c(N)c2C#N)c2cnn(COCC[Si](C)(C)C)c12. The zero-order chi connectivity index (χ0) is 30.9. The van der Waals surface area contributed by atoms with Crippen LogP contribution in [0.4, 0.5) is 14.6 Å². The highest BCUT2D eigenvalue weighted by Crippen LogP contribution is 2.40. The van der Waals surface area contributed by atoms with Crippen LogP contribution in [0, 0.1) is 17.1 Å². The van der Waals surface area contributed by atoms with E-state index in [-0.39, 0.29) is 42.0 Å². The Balaban J connectivity index is 1.51. The maximum Gasteiger partial charge on any atom is 0.255 e. The number of fused-ring (bicyclic) bond motifs is 1. The van der Waals surface area contributed by atoms with E-state index in [1.54, 1.807) is 21.6 Å². The van der Waals surface area contributed by atoms with Crippen LogP contribution in [-0.2, 0) is 18.0 Å². The summed E-state index contributed by atoms with van der Waals surface area (Å²) in [5, 5.41) is 22.8. The third-order valence-corrected chi connectivity index (χ3v) is 9.36. The zero-order valence-electron chi connectivity index (χ0n) is 24.7. The number of hydrogen-bond acceptors (Lipinski definition) is 7. The molecule has 10 nitrogen and oxygen atoms in total. The van der Waals surface area contributed by atoms with Crippen molar-refractivity contribution in [3.63, 3.8) is 0 Å². The highest BCUT2D eigenvalue weighted by atomic mass is 28.3. The summed E-state index contributed by atoms with van der Waals surface area (Å²) >= 11 is 0. The molecule has 43 heavy (non-hydrogen) atoms. The minimum atomic E-state index is -1.31. The molecule has 5 rings (SSSR count). The maximum atomic E-state index is 13.9. The Labute approximate surface area is 249 Å². The van der Waals surface area contributed by atoms with Gasteiger partial charge in [0.25, 0.3) is 5.91 Å². The number of hydrogen-bond donors (Lipinski definition) is 2. The standard InChI is InChI=1S/C30H35F2N7O3Si/c1-41-26-8-6-19(31)13-23(26)30(40)35-15-18-5-7-22(25-16-36-38(28(18)25)17-42-9-10-43(2,3)4)27-24(14-33)29(34)39(37-27)21-11-20(32)12-21/h5-8,13,16,20-21H,9-12,15,17,34H2,1-4H3,(H,35,40). The molecule has 1 aliphatic rings. The molecule has 0 radical (unpaired) electrons. The van der Waals surface area contributed by atoms with Crippen molar-refractivity contribution in [1.82, 2.24) is 24.9 Å². The molecule has 0 spiro atoms. The van der Waals surface area contributed by atoms with E-state index in [0.29, 0.717) is 41.6 Å². The summed E-state index contributed by atoms with van der Waals surface area (Å²) in [5.41, 5.74) is 9.00. The van der Waals surface area contributed by atoms with Crippen LogP contribution < -0.4 is 15.8 Å². The molecular formula is C30H35F2N7O3Si. The highest BCUT2D eigenvalue weighted by Gasteiger charge is 2.34. The number of alkyl halides is 1. The van der Waals surface area contributed by atoms with E-state index in [4.69, 9.17) is 15.2 Å². The minimum Gasteiger partial charge on any atom is -0.496 e. The van der Waals surface area contributed by atoms with Crippen LogP contribution in [0.2, 0.25) is 25.7 Å². The third kappa shape index (κ3) is 6.25. The van der Waals surface area contributed by atoms with Crippen LogP contribution in [0.5, 0.6) is 5.75 Å². The predicted octanol–water partition coefficient (Wildman–Crippen LogP) is 5.42. The number of rotatable bonds is 11. The van der Waals surface area contributed by atoms with Crippen molar-refractivity contribution in [3.8, 4) is 23.1 Å². The molecule has 2 aromatic heterocycles. The highest BCUT2D eigenvalue weighted by molar-refractivity contribution is 6.76. The van der Waals surface area contributed by atoms with Gasteiger partial charge in [-0.1, -0.05) is 31.8 Å². The number of nitriles is 1. The van der Waals surface area contributed by atoms with Crippen molar-refractivity contribution in [2.45, 2.75) is 64.0 Å². The Morgan fingerprint density at radius 3 is 2.70 bits per heavy atom. The Morgan fingerprint density at radius 2 is 2.02 bits per heavy atom. The molecule has 1 fully saturated rings. The average molecular weight is 608 g/mol. The van der Waals surface area contributed by atoms with E-state index >= 15 is 0 Å².